The van der Waals surface area contributed by atoms with Crippen molar-refractivity contribution in [3.8, 4) is 0 Å². The highest BCUT2D eigenvalue weighted by molar-refractivity contribution is 5.91. The Morgan fingerprint density at radius 3 is 2.45 bits per heavy atom. The summed E-state index contributed by atoms with van der Waals surface area (Å²) in [6.07, 6.45) is -4.52. The van der Waals surface area contributed by atoms with E-state index in [4.69, 9.17) is 0 Å². The molecule has 3 nitrogen and oxygen atoms in total. The van der Waals surface area contributed by atoms with E-state index in [9.17, 15) is 13.2 Å². The Hall–Kier alpha value is -1.07. The molecule has 6 heteroatoms. The fourth-order valence-corrected chi connectivity index (χ4v) is 0.507. The summed E-state index contributed by atoms with van der Waals surface area (Å²) in [6.45, 7) is 1.49. The minimum absolute atomic E-state index is 0.0468. The molecule has 0 atom stereocenters. The second-order valence-electron chi connectivity index (χ2n) is 2.04. The van der Waals surface area contributed by atoms with Crippen LogP contribution >= 0.6 is 0 Å². The van der Waals surface area contributed by atoms with Gasteiger partial charge in [-0.2, -0.15) is 13.2 Å². The Labute approximate surface area is 60.5 Å². The number of alkyl halides is 3. The summed E-state index contributed by atoms with van der Waals surface area (Å²) in [4.78, 5) is 7.09. The number of hydrogen-bond donors (Lipinski definition) is 0. The standard InChI is InChI=1S/C5H5F3N2O/c1-3-2-9-4(11-10-3)5(6,7)8/h2H2,1H3. The molecular formula is C5H5F3N2O. The lowest BCUT2D eigenvalue weighted by Gasteiger charge is -2.11. The molecule has 0 fully saturated rings. The van der Waals surface area contributed by atoms with E-state index in [1.807, 2.05) is 0 Å². The maximum Gasteiger partial charge on any atom is 0.471 e. The SMILES string of the molecule is CC1=NOC(C(F)(F)F)=NC1. The minimum atomic E-state index is -4.52. The zero-order chi connectivity index (χ0) is 8.48. The van der Waals surface area contributed by atoms with E-state index in [1.165, 1.54) is 6.92 Å². The number of rotatable bonds is 0. The summed E-state index contributed by atoms with van der Waals surface area (Å²) in [5, 5.41) is 3.14. The molecule has 0 N–H and O–H groups in total. The van der Waals surface area contributed by atoms with Crippen LogP contribution in [0.1, 0.15) is 6.92 Å². The van der Waals surface area contributed by atoms with Crippen LogP contribution in [0.25, 0.3) is 0 Å². The van der Waals surface area contributed by atoms with Gasteiger partial charge in [-0.3, -0.25) is 0 Å². The first-order valence-corrected chi connectivity index (χ1v) is 2.82. The van der Waals surface area contributed by atoms with Gasteiger partial charge in [0, 0.05) is 0 Å². The molecule has 1 rings (SSSR count). The summed E-state index contributed by atoms with van der Waals surface area (Å²) in [7, 11) is 0. The molecule has 1 heterocycles. The van der Waals surface area contributed by atoms with Crippen molar-refractivity contribution < 1.29 is 18.0 Å². The molecule has 62 valence electrons. The highest BCUT2D eigenvalue weighted by Gasteiger charge is 2.39. The Morgan fingerprint density at radius 2 is 2.09 bits per heavy atom. The molecule has 0 amide bonds. The maximum absolute atomic E-state index is 11.7. The van der Waals surface area contributed by atoms with Crippen LogP contribution in [-0.4, -0.2) is 24.3 Å². The fourth-order valence-electron chi connectivity index (χ4n) is 0.507. The monoisotopic (exact) mass is 166 g/mol. The molecule has 0 aromatic carbocycles. The second kappa shape index (κ2) is 2.52. The van der Waals surface area contributed by atoms with Gasteiger partial charge in [-0.1, -0.05) is 5.16 Å². The lowest BCUT2D eigenvalue weighted by molar-refractivity contribution is -0.0787. The molecule has 1 aliphatic heterocycles. The number of aliphatic imine (C=N–C) groups is 1. The van der Waals surface area contributed by atoms with Gasteiger partial charge >= 0.3 is 12.1 Å². The summed E-state index contributed by atoms with van der Waals surface area (Å²) in [5.74, 6) is -1.27. The van der Waals surface area contributed by atoms with E-state index in [1.54, 1.807) is 0 Å². The Balaban J connectivity index is 2.66. The lowest BCUT2D eigenvalue weighted by atomic mass is 10.4. The molecule has 0 saturated heterocycles. The Kier molecular flexibility index (Phi) is 1.84. The van der Waals surface area contributed by atoms with Gasteiger partial charge in [0.15, 0.2) is 0 Å². The molecule has 1 aliphatic rings. The number of halogens is 3. The van der Waals surface area contributed by atoms with Gasteiger partial charge in [0.25, 0.3) is 0 Å². The molecule has 0 radical (unpaired) electrons. The third kappa shape index (κ3) is 1.92. The molecular weight excluding hydrogens is 161 g/mol. The minimum Gasteiger partial charge on any atom is -0.332 e. The second-order valence-corrected chi connectivity index (χ2v) is 2.04. The third-order valence-electron chi connectivity index (χ3n) is 0.982. The van der Waals surface area contributed by atoms with Crippen molar-refractivity contribution in [3.63, 3.8) is 0 Å². The van der Waals surface area contributed by atoms with Gasteiger partial charge in [0.05, 0.1) is 12.3 Å². The summed E-state index contributed by atoms with van der Waals surface area (Å²) in [5.41, 5.74) is 0.429. The van der Waals surface area contributed by atoms with E-state index in [-0.39, 0.29) is 6.54 Å². The van der Waals surface area contributed by atoms with Gasteiger partial charge in [-0.05, 0) is 6.92 Å². The normalized spacial score (nSPS) is 18.5. The first kappa shape index (κ1) is 8.03. The van der Waals surface area contributed by atoms with Crippen LogP contribution in [0.3, 0.4) is 0 Å². The van der Waals surface area contributed by atoms with Gasteiger partial charge in [0.1, 0.15) is 0 Å². The van der Waals surface area contributed by atoms with Crippen molar-refractivity contribution in [2.75, 3.05) is 6.54 Å². The van der Waals surface area contributed by atoms with Crippen molar-refractivity contribution in [2.24, 2.45) is 10.1 Å². The van der Waals surface area contributed by atoms with Crippen molar-refractivity contribution in [2.45, 2.75) is 13.1 Å². The first-order chi connectivity index (χ1) is 5.00. The summed E-state index contributed by atoms with van der Waals surface area (Å²) < 4.78 is 35.2. The quantitative estimate of drug-likeness (QED) is 0.534. The first-order valence-electron chi connectivity index (χ1n) is 2.82. The van der Waals surface area contributed by atoms with E-state index in [2.05, 4.69) is 15.0 Å². The zero-order valence-corrected chi connectivity index (χ0v) is 5.64. The number of nitrogens with zero attached hydrogens (tertiary/aromatic N) is 2. The van der Waals surface area contributed by atoms with Crippen molar-refractivity contribution in [1.82, 2.24) is 0 Å². The van der Waals surface area contributed by atoms with E-state index in [0.717, 1.165) is 0 Å². The summed E-state index contributed by atoms with van der Waals surface area (Å²) in [6, 6.07) is 0. The zero-order valence-electron chi connectivity index (χ0n) is 5.64. The Bertz CT molecular complexity index is 218. The van der Waals surface area contributed by atoms with Crippen molar-refractivity contribution in [1.29, 1.82) is 0 Å². The Morgan fingerprint density at radius 1 is 1.45 bits per heavy atom. The molecule has 0 saturated carbocycles. The molecule has 0 aliphatic carbocycles. The number of hydrogen-bond acceptors (Lipinski definition) is 3. The molecule has 11 heavy (non-hydrogen) atoms. The summed E-state index contributed by atoms with van der Waals surface area (Å²) >= 11 is 0. The van der Waals surface area contributed by atoms with Crippen molar-refractivity contribution in [3.05, 3.63) is 0 Å². The topological polar surface area (TPSA) is 34.0 Å². The highest BCUT2D eigenvalue weighted by atomic mass is 19.4. The van der Waals surface area contributed by atoms with E-state index >= 15 is 0 Å². The largest absolute Gasteiger partial charge is 0.471 e. The molecule has 0 aromatic rings. The van der Waals surface area contributed by atoms with Crippen LogP contribution in [-0.2, 0) is 4.84 Å². The maximum atomic E-state index is 11.7. The van der Waals surface area contributed by atoms with Crippen LogP contribution in [0.4, 0.5) is 13.2 Å². The molecule has 0 unspecified atom stereocenters. The van der Waals surface area contributed by atoms with Gasteiger partial charge in [-0.25, -0.2) is 4.99 Å². The van der Waals surface area contributed by atoms with Gasteiger partial charge in [0.2, 0.25) is 0 Å². The fraction of sp³-hybridized carbons (Fsp3) is 0.600. The molecule has 0 bridgehead atoms. The third-order valence-corrected chi connectivity index (χ3v) is 0.982. The van der Waals surface area contributed by atoms with Crippen molar-refractivity contribution >= 4 is 11.6 Å². The van der Waals surface area contributed by atoms with Gasteiger partial charge in [-0.15, -0.1) is 0 Å². The van der Waals surface area contributed by atoms with Crippen LogP contribution in [0.2, 0.25) is 0 Å². The van der Waals surface area contributed by atoms with Gasteiger partial charge < -0.3 is 4.84 Å². The van der Waals surface area contributed by atoms with Crippen LogP contribution in [0, 0.1) is 0 Å². The average Bonchev–Trinajstić information content (AvgIpc) is 1.86. The van der Waals surface area contributed by atoms with E-state index < -0.39 is 12.1 Å². The highest BCUT2D eigenvalue weighted by Crippen LogP contribution is 2.19. The number of oxime groups is 1. The van der Waals surface area contributed by atoms with Crippen LogP contribution in [0.15, 0.2) is 10.1 Å². The van der Waals surface area contributed by atoms with Crippen LogP contribution in [0.5, 0.6) is 0 Å². The lowest BCUT2D eigenvalue weighted by Crippen LogP contribution is -2.28. The predicted molar refractivity (Wildman–Crippen MR) is 32.6 cm³/mol. The molecule has 0 aromatic heterocycles. The van der Waals surface area contributed by atoms with E-state index in [0.29, 0.717) is 5.71 Å². The molecule has 0 spiro atoms. The average molecular weight is 166 g/mol. The smallest absolute Gasteiger partial charge is 0.332 e. The van der Waals surface area contributed by atoms with Crippen LogP contribution < -0.4 is 0 Å². The predicted octanol–water partition coefficient (Wildman–Crippen LogP) is 1.35.